The van der Waals surface area contributed by atoms with Gasteiger partial charge in [-0.2, -0.15) is 0 Å². The van der Waals surface area contributed by atoms with Crippen LogP contribution in [0.25, 0.3) is 0 Å². The molecule has 0 bridgehead atoms. The third-order valence-electron chi connectivity index (χ3n) is 0.556. The second kappa shape index (κ2) is 2.14. The van der Waals surface area contributed by atoms with Crippen LogP contribution in [0.1, 0.15) is 0 Å². The van der Waals surface area contributed by atoms with Gasteiger partial charge in [0.25, 0.3) is 0 Å². The van der Waals surface area contributed by atoms with Crippen LogP contribution >= 0.6 is 19.9 Å². The Kier molecular flexibility index (Phi) is 1.70. The van der Waals surface area contributed by atoms with E-state index in [1.807, 2.05) is 0 Å². The van der Waals surface area contributed by atoms with Crippen LogP contribution in [-0.2, 0) is 13.6 Å². The maximum absolute atomic E-state index is 10.1. The molecule has 2 atom stereocenters. The molecule has 0 saturated carbocycles. The molecule has 1 rings (SSSR count). The summed E-state index contributed by atoms with van der Waals surface area (Å²) in [6, 6.07) is 0. The van der Waals surface area contributed by atoms with Gasteiger partial charge in [0.15, 0.2) is 5.56 Å². The molecule has 0 amide bonds. The van der Waals surface area contributed by atoms with Crippen LogP contribution in [0.3, 0.4) is 0 Å². The van der Waals surface area contributed by atoms with Crippen LogP contribution < -0.4 is 0 Å². The van der Waals surface area contributed by atoms with Crippen molar-refractivity contribution in [2.45, 2.75) is 5.56 Å². The Morgan fingerprint density at radius 3 is 2.71 bits per heavy atom. The van der Waals surface area contributed by atoms with Crippen LogP contribution in [0.4, 0.5) is 0 Å². The van der Waals surface area contributed by atoms with Crippen molar-refractivity contribution >= 4 is 19.9 Å². The summed E-state index contributed by atoms with van der Waals surface area (Å²) in [6.45, 7) is 0.249. The van der Waals surface area contributed by atoms with Gasteiger partial charge in [-0.1, -0.05) is 11.6 Å². The van der Waals surface area contributed by atoms with Gasteiger partial charge >= 0.3 is 8.25 Å². The Hall–Kier alpha value is 0.440. The summed E-state index contributed by atoms with van der Waals surface area (Å²) >= 11 is 5.29. The molecule has 0 aromatic carbocycles. The van der Waals surface area contributed by atoms with Gasteiger partial charge in [-0.25, -0.2) is 0 Å². The van der Waals surface area contributed by atoms with E-state index >= 15 is 0 Å². The van der Waals surface area contributed by atoms with Crippen molar-refractivity contribution in [1.82, 2.24) is 0 Å². The van der Waals surface area contributed by atoms with E-state index in [4.69, 9.17) is 11.6 Å². The summed E-state index contributed by atoms with van der Waals surface area (Å²) in [7, 11) is -2.19. The minimum absolute atomic E-state index is 0.249. The van der Waals surface area contributed by atoms with Gasteiger partial charge in [-0.15, -0.1) is 0 Å². The largest absolute Gasteiger partial charge is 0.320 e. The van der Waals surface area contributed by atoms with Gasteiger partial charge in [0.05, 0.1) is 6.61 Å². The van der Waals surface area contributed by atoms with E-state index in [-0.39, 0.29) is 6.61 Å². The van der Waals surface area contributed by atoms with Crippen molar-refractivity contribution in [3.8, 4) is 0 Å². The topological polar surface area (TPSA) is 35.5 Å². The molecule has 1 heterocycles. The molecule has 0 spiro atoms. The van der Waals surface area contributed by atoms with Crippen molar-refractivity contribution in [2.24, 2.45) is 0 Å². The lowest BCUT2D eigenvalue weighted by Gasteiger charge is -1.86. The first-order valence-corrected chi connectivity index (χ1v) is 3.42. The van der Waals surface area contributed by atoms with E-state index in [2.05, 4.69) is 9.05 Å². The van der Waals surface area contributed by atoms with E-state index in [1.165, 1.54) is 0 Å². The highest BCUT2D eigenvalue weighted by Crippen LogP contribution is 2.34. The second-order valence-electron chi connectivity index (χ2n) is 1.09. The summed E-state index contributed by atoms with van der Waals surface area (Å²) in [5, 5.41) is 0. The fourth-order valence-corrected chi connectivity index (χ4v) is 1.33. The maximum atomic E-state index is 10.1. The predicted octanol–water partition coefficient (Wildman–Crippen LogP) is 0.988. The minimum atomic E-state index is -2.19. The molecule has 1 saturated heterocycles. The van der Waals surface area contributed by atoms with Crippen molar-refractivity contribution in [3.63, 3.8) is 0 Å². The fourth-order valence-electron chi connectivity index (χ4n) is 0.306. The first-order chi connectivity index (χ1) is 3.29. The third kappa shape index (κ3) is 1.42. The molecule has 1 fully saturated rings. The third-order valence-corrected chi connectivity index (χ3v) is 1.80. The molecule has 7 heavy (non-hydrogen) atoms. The first kappa shape index (κ1) is 5.57. The molecule has 0 aromatic heterocycles. The van der Waals surface area contributed by atoms with Crippen LogP contribution in [0.15, 0.2) is 0 Å². The number of hydrogen-bond acceptors (Lipinski definition) is 3. The Labute approximate surface area is 46.5 Å². The average molecular weight is 142 g/mol. The SMILES string of the molecule is O=[PH]1OCC(Cl)O1. The van der Waals surface area contributed by atoms with Gasteiger partial charge in [0, 0.05) is 0 Å². The molecule has 0 radical (unpaired) electrons. The molecule has 0 aromatic rings. The normalized spacial score (nSPS) is 41.9. The van der Waals surface area contributed by atoms with E-state index in [0.717, 1.165) is 0 Å². The van der Waals surface area contributed by atoms with E-state index in [0.29, 0.717) is 0 Å². The minimum Gasteiger partial charge on any atom is -0.307 e. The number of hydrogen-bond donors (Lipinski definition) is 0. The lowest BCUT2D eigenvalue weighted by Crippen LogP contribution is -1.95. The maximum Gasteiger partial charge on any atom is 0.320 e. The monoisotopic (exact) mass is 142 g/mol. The molecular weight excluding hydrogens is 138 g/mol. The van der Waals surface area contributed by atoms with Crippen molar-refractivity contribution in [3.05, 3.63) is 0 Å². The lowest BCUT2D eigenvalue weighted by atomic mass is 10.8. The van der Waals surface area contributed by atoms with Gasteiger partial charge in [-0.05, 0) is 0 Å². The van der Waals surface area contributed by atoms with Crippen LogP contribution in [0.5, 0.6) is 0 Å². The number of alkyl halides is 1. The average Bonchev–Trinajstić information content (AvgIpc) is 1.87. The van der Waals surface area contributed by atoms with Crippen molar-refractivity contribution in [2.75, 3.05) is 6.61 Å². The Morgan fingerprint density at radius 1 is 1.86 bits per heavy atom. The first-order valence-electron chi connectivity index (χ1n) is 1.76. The predicted molar refractivity (Wildman–Crippen MR) is 25.7 cm³/mol. The van der Waals surface area contributed by atoms with Crippen molar-refractivity contribution < 1.29 is 13.6 Å². The molecule has 2 unspecified atom stereocenters. The second-order valence-corrected chi connectivity index (χ2v) is 2.60. The molecule has 0 N–H and O–H groups in total. The Balaban J connectivity index is 2.40. The zero-order chi connectivity index (χ0) is 5.28. The summed E-state index contributed by atoms with van der Waals surface area (Å²) in [6.07, 6.45) is 0. The molecule has 1 aliphatic rings. The van der Waals surface area contributed by atoms with Crippen molar-refractivity contribution in [1.29, 1.82) is 0 Å². The van der Waals surface area contributed by atoms with Crippen LogP contribution in [0, 0.1) is 0 Å². The standard InChI is InChI=1S/C2H4ClO3P/c3-2-1-5-7(4)6-2/h2,7H,1H2. The van der Waals surface area contributed by atoms with Gasteiger partial charge in [-0.3, -0.25) is 9.09 Å². The van der Waals surface area contributed by atoms with Gasteiger partial charge in [0.1, 0.15) is 0 Å². The quantitative estimate of drug-likeness (QED) is 0.374. The van der Waals surface area contributed by atoms with Crippen LogP contribution in [0.2, 0.25) is 0 Å². The van der Waals surface area contributed by atoms with Gasteiger partial charge < -0.3 is 4.52 Å². The molecule has 0 aliphatic carbocycles. The number of rotatable bonds is 0. The summed E-state index contributed by atoms with van der Waals surface area (Å²) < 4.78 is 19.0. The van der Waals surface area contributed by atoms with E-state index in [1.54, 1.807) is 0 Å². The molecular formula is C2H4ClO3P. The highest BCUT2D eigenvalue weighted by molar-refractivity contribution is 7.33. The Morgan fingerprint density at radius 2 is 2.57 bits per heavy atom. The van der Waals surface area contributed by atoms with Gasteiger partial charge in [0.2, 0.25) is 0 Å². The zero-order valence-electron chi connectivity index (χ0n) is 3.39. The molecule has 3 nitrogen and oxygen atoms in total. The highest BCUT2D eigenvalue weighted by Gasteiger charge is 2.18. The molecule has 5 heteroatoms. The summed E-state index contributed by atoms with van der Waals surface area (Å²) in [5.74, 6) is 0. The summed E-state index contributed by atoms with van der Waals surface area (Å²) in [5.41, 5.74) is -0.494. The summed E-state index contributed by atoms with van der Waals surface area (Å²) in [4.78, 5) is 0. The van der Waals surface area contributed by atoms with Crippen LogP contribution in [-0.4, -0.2) is 12.2 Å². The Bertz CT molecular complexity index is 94.9. The van der Waals surface area contributed by atoms with E-state index < -0.39 is 13.8 Å². The smallest absolute Gasteiger partial charge is 0.307 e. The highest BCUT2D eigenvalue weighted by atomic mass is 35.5. The molecule has 42 valence electrons. The number of halogens is 1. The molecule has 1 aliphatic heterocycles. The lowest BCUT2D eigenvalue weighted by molar-refractivity contribution is 0.324. The fraction of sp³-hybridized carbons (Fsp3) is 1.00. The van der Waals surface area contributed by atoms with E-state index in [9.17, 15) is 4.57 Å². The zero-order valence-corrected chi connectivity index (χ0v) is 5.14.